The molecule has 0 spiro atoms. The first-order valence-corrected chi connectivity index (χ1v) is 9.66. The zero-order valence-electron chi connectivity index (χ0n) is 17.2. The number of aromatic nitrogens is 1. The average molecular weight is 540 g/mol. The van der Waals surface area contributed by atoms with Gasteiger partial charge in [0.1, 0.15) is 23.9 Å². The van der Waals surface area contributed by atoms with Crippen LogP contribution in [0.25, 0.3) is 0 Å². The lowest BCUT2D eigenvalue weighted by molar-refractivity contribution is 0.105. The number of guanidine groups is 1. The lowest BCUT2D eigenvalue weighted by Crippen LogP contribution is -2.37. The molecule has 2 heterocycles. The van der Waals surface area contributed by atoms with Crippen molar-refractivity contribution in [1.82, 2.24) is 15.6 Å². The molecule has 2 aromatic heterocycles. The highest BCUT2D eigenvalue weighted by atomic mass is 127. The van der Waals surface area contributed by atoms with Gasteiger partial charge in [-0.1, -0.05) is 6.07 Å². The molecule has 166 valence electrons. The maximum absolute atomic E-state index is 12.9. The molecule has 0 aliphatic carbocycles. The van der Waals surface area contributed by atoms with Crippen molar-refractivity contribution in [2.45, 2.75) is 19.6 Å². The predicted molar refractivity (Wildman–Crippen MR) is 127 cm³/mol. The van der Waals surface area contributed by atoms with Gasteiger partial charge in [0.05, 0.1) is 6.26 Å². The number of ether oxygens (including phenoxy) is 2. The molecular weight excluding hydrogens is 514 g/mol. The fraction of sp³-hybridized carbons (Fsp3) is 0.273. The van der Waals surface area contributed by atoms with E-state index in [1.54, 1.807) is 37.7 Å². The Labute approximate surface area is 198 Å². The summed E-state index contributed by atoms with van der Waals surface area (Å²) in [5, 5.41) is 6.48. The van der Waals surface area contributed by atoms with Gasteiger partial charge in [-0.3, -0.25) is 4.99 Å². The van der Waals surface area contributed by atoms with Crippen molar-refractivity contribution < 1.29 is 18.3 Å². The summed E-state index contributed by atoms with van der Waals surface area (Å²) in [7, 11) is 1.72. The number of benzene rings is 1. The quantitative estimate of drug-likeness (QED) is 0.171. The van der Waals surface area contributed by atoms with Crippen LogP contribution >= 0.6 is 24.0 Å². The van der Waals surface area contributed by atoms with Crippen LogP contribution in [0, 0.1) is 5.82 Å². The average Bonchev–Trinajstić information content (AvgIpc) is 3.29. The van der Waals surface area contributed by atoms with E-state index in [1.165, 1.54) is 12.1 Å². The van der Waals surface area contributed by atoms with Crippen LogP contribution in [0.3, 0.4) is 0 Å². The molecule has 0 fully saturated rings. The van der Waals surface area contributed by atoms with E-state index < -0.39 is 0 Å². The first-order chi connectivity index (χ1) is 14.7. The van der Waals surface area contributed by atoms with E-state index in [-0.39, 0.29) is 29.8 Å². The molecule has 31 heavy (non-hydrogen) atoms. The van der Waals surface area contributed by atoms with E-state index >= 15 is 0 Å². The number of hydrogen-bond acceptors (Lipinski definition) is 5. The summed E-state index contributed by atoms with van der Waals surface area (Å²) in [6.45, 7) is 2.41. The second-order valence-corrected chi connectivity index (χ2v) is 6.40. The topological polar surface area (TPSA) is 80.9 Å². The second-order valence-electron chi connectivity index (χ2n) is 6.40. The Morgan fingerprint density at radius 2 is 1.97 bits per heavy atom. The molecule has 0 aliphatic heterocycles. The Morgan fingerprint density at radius 1 is 1.13 bits per heavy atom. The SMILES string of the molecule is CN=C(NCCCOCc1ccco1)NCc1ccc(Oc2ccc(F)cc2)nc1.I. The van der Waals surface area contributed by atoms with Gasteiger partial charge in [0, 0.05) is 39.0 Å². The van der Waals surface area contributed by atoms with Gasteiger partial charge in [0.2, 0.25) is 5.88 Å². The summed E-state index contributed by atoms with van der Waals surface area (Å²) in [4.78, 5) is 8.48. The molecule has 0 unspecified atom stereocenters. The first kappa shape index (κ1) is 24.6. The smallest absolute Gasteiger partial charge is 0.219 e. The molecule has 0 saturated heterocycles. The fourth-order valence-electron chi connectivity index (χ4n) is 2.55. The number of pyridine rings is 1. The van der Waals surface area contributed by atoms with Crippen LogP contribution in [0.2, 0.25) is 0 Å². The second kappa shape index (κ2) is 13.6. The highest BCUT2D eigenvalue weighted by molar-refractivity contribution is 14.0. The third kappa shape index (κ3) is 8.93. The lowest BCUT2D eigenvalue weighted by Gasteiger charge is -2.12. The van der Waals surface area contributed by atoms with Crippen molar-refractivity contribution in [3.8, 4) is 11.6 Å². The van der Waals surface area contributed by atoms with Gasteiger partial charge >= 0.3 is 0 Å². The van der Waals surface area contributed by atoms with Gasteiger partial charge in [-0.2, -0.15) is 0 Å². The number of rotatable bonds is 10. The van der Waals surface area contributed by atoms with Gasteiger partial charge in [-0.05, 0) is 48.4 Å². The number of aliphatic imine (C=N–C) groups is 1. The lowest BCUT2D eigenvalue weighted by atomic mass is 10.3. The van der Waals surface area contributed by atoms with Crippen molar-refractivity contribution >= 4 is 29.9 Å². The van der Waals surface area contributed by atoms with Crippen molar-refractivity contribution in [2.75, 3.05) is 20.2 Å². The summed E-state index contributed by atoms with van der Waals surface area (Å²) in [5.41, 5.74) is 0.978. The zero-order valence-corrected chi connectivity index (χ0v) is 19.5. The van der Waals surface area contributed by atoms with Crippen LogP contribution in [-0.2, 0) is 17.9 Å². The standard InChI is InChI=1S/C22H25FN4O3.HI/c1-24-22(25-11-3-12-28-16-20-4-2-13-29-20)27-15-17-5-10-21(26-14-17)30-19-8-6-18(23)7-9-19;/h2,4-10,13-14H,3,11-12,15-16H2,1H3,(H2,24,25,27);1H. The minimum atomic E-state index is -0.305. The van der Waals surface area contributed by atoms with Crippen LogP contribution in [0.4, 0.5) is 4.39 Å². The molecule has 0 atom stereocenters. The molecule has 9 heteroatoms. The van der Waals surface area contributed by atoms with E-state index in [9.17, 15) is 4.39 Å². The molecular formula is C22H26FIN4O3. The zero-order chi connectivity index (χ0) is 21.0. The van der Waals surface area contributed by atoms with Crippen LogP contribution < -0.4 is 15.4 Å². The summed E-state index contributed by atoms with van der Waals surface area (Å²) in [6, 6.07) is 13.2. The van der Waals surface area contributed by atoms with Crippen molar-refractivity contribution in [2.24, 2.45) is 4.99 Å². The Morgan fingerprint density at radius 3 is 2.65 bits per heavy atom. The van der Waals surface area contributed by atoms with Crippen LogP contribution in [0.5, 0.6) is 11.6 Å². The summed E-state index contributed by atoms with van der Waals surface area (Å²) < 4.78 is 29.3. The van der Waals surface area contributed by atoms with Gasteiger partial charge in [0.25, 0.3) is 0 Å². The third-order valence-corrected chi connectivity index (χ3v) is 4.10. The van der Waals surface area contributed by atoms with Gasteiger partial charge in [0.15, 0.2) is 5.96 Å². The Hall–Kier alpha value is -2.66. The molecule has 7 nitrogen and oxygen atoms in total. The Bertz CT molecular complexity index is 904. The molecule has 2 N–H and O–H groups in total. The minimum Gasteiger partial charge on any atom is -0.467 e. The number of nitrogens with one attached hydrogen (secondary N) is 2. The molecule has 0 saturated carbocycles. The monoisotopic (exact) mass is 540 g/mol. The summed E-state index contributed by atoms with van der Waals surface area (Å²) in [6.07, 6.45) is 4.21. The molecule has 0 aliphatic rings. The summed E-state index contributed by atoms with van der Waals surface area (Å²) in [5.74, 6) is 2.20. The molecule has 3 rings (SSSR count). The largest absolute Gasteiger partial charge is 0.467 e. The van der Waals surface area contributed by atoms with Gasteiger partial charge in [-0.25, -0.2) is 9.37 Å². The van der Waals surface area contributed by atoms with Gasteiger partial charge in [-0.15, -0.1) is 24.0 Å². The highest BCUT2D eigenvalue weighted by Gasteiger charge is 2.02. The van der Waals surface area contributed by atoms with E-state index in [2.05, 4.69) is 20.6 Å². The van der Waals surface area contributed by atoms with E-state index in [0.29, 0.717) is 37.3 Å². The van der Waals surface area contributed by atoms with Crippen molar-refractivity contribution in [3.05, 3.63) is 78.1 Å². The molecule has 3 aromatic rings. The van der Waals surface area contributed by atoms with Crippen LogP contribution in [-0.4, -0.2) is 31.1 Å². The summed E-state index contributed by atoms with van der Waals surface area (Å²) >= 11 is 0. The van der Waals surface area contributed by atoms with Crippen LogP contribution in [0.1, 0.15) is 17.7 Å². The number of nitrogens with zero attached hydrogens (tertiary/aromatic N) is 2. The van der Waals surface area contributed by atoms with Crippen molar-refractivity contribution in [1.29, 1.82) is 0 Å². The maximum Gasteiger partial charge on any atom is 0.219 e. The number of furan rings is 1. The molecule has 0 radical (unpaired) electrons. The molecule has 1 aromatic carbocycles. The van der Waals surface area contributed by atoms with Crippen LogP contribution in [0.15, 0.2) is 70.4 Å². The number of halogens is 2. The van der Waals surface area contributed by atoms with Crippen molar-refractivity contribution in [3.63, 3.8) is 0 Å². The molecule has 0 bridgehead atoms. The predicted octanol–water partition coefficient (Wildman–Crippen LogP) is 4.50. The van der Waals surface area contributed by atoms with E-state index in [4.69, 9.17) is 13.9 Å². The number of hydrogen-bond donors (Lipinski definition) is 2. The Kier molecular flexibility index (Phi) is 10.8. The van der Waals surface area contributed by atoms with E-state index in [1.807, 2.05) is 18.2 Å². The fourth-order valence-corrected chi connectivity index (χ4v) is 2.55. The molecule has 0 amide bonds. The maximum atomic E-state index is 12.9. The van der Waals surface area contributed by atoms with E-state index in [0.717, 1.165) is 24.3 Å². The van der Waals surface area contributed by atoms with Gasteiger partial charge < -0.3 is 24.5 Å². The Balaban J connectivity index is 0.00000341. The third-order valence-electron chi connectivity index (χ3n) is 4.10. The minimum absolute atomic E-state index is 0. The highest BCUT2D eigenvalue weighted by Crippen LogP contribution is 2.19. The normalized spacial score (nSPS) is 11.0. The first-order valence-electron chi connectivity index (χ1n) is 9.66.